The minimum absolute atomic E-state index is 0.0754. The standard InChI is InChI=1S/C10H16N4/c1-7-13-8-5-11-6-12-9(8)14(7)10(2,3)4/h5-7,13H,1-4H3. The molecular weight excluding hydrogens is 176 g/mol. The third-order valence-corrected chi connectivity index (χ3v) is 2.39. The van der Waals surface area contributed by atoms with Crippen LogP contribution in [-0.4, -0.2) is 21.7 Å². The second-order valence-electron chi connectivity index (χ2n) is 4.62. The van der Waals surface area contributed by atoms with Crippen LogP contribution in [0.1, 0.15) is 27.7 Å². The van der Waals surface area contributed by atoms with Gasteiger partial charge in [0.1, 0.15) is 6.33 Å². The van der Waals surface area contributed by atoms with E-state index in [9.17, 15) is 0 Å². The van der Waals surface area contributed by atoms with Crippen molar-refractivity contribution >= 4 is 11.5 Å². The summed E-state index contributed by atoms with van der Waals surface area (Å²) in [5, 5.41) is 3.35. The first-order valence-corrected chi connectivity index (χ1v) is 4.86. The topological polar surface area (TPSA) is 41.1 Å². The Hall–Kier alpha value is -1.32. The van der Waals surface area contributed by atoms with Crippen LogP contribution in [0.25, 0.3) is 0 Å². The van der Waals surface area contributed by atoms with Crippen molar-refractivity contribution in [2.75, 3.05) is 10.2 Å². The van der Waals surface area contributed by atoms with Crippen LogP contribution in [0.3, 0.4) is 0 Å². The van der Waals surface area contributed by atoms with Crippen molar-refractivity contribution in [3.8, 4) is 0 Å². The zero-order chi connectivity index (χ0) is 10.3. The molecule has 0 spiro atoms. The fourth-order valence-electron chi connectivity index (χ4n) is 1.99. The maximum absolute atomic E-state index is 4.31. The van der Waals surface area contributed by atoms with E-state index in [2.05, 4.69) is 47.9 Å². The zero-order valence-electron chi connectivity index (χ0n) is 9.07. The Bertz CT molecular complexity index is 342. The van der Waals surface area contributed by atoms with Gasteiger partial charge in [0.15, 0.2) is 5.82 Å². The summed E-state index contributed by atoms with van der Waals surface area (Å²) in [7, 11) is 0. The van der Waals surface area contributed by atoms with Gasteiger partial charge in [0.25, 0.3) is 0 Å². The van der Waals surface area contributed by atoms with Crippen LogP contribution in [0, 0.1) is 0 Å². The molecule has 2 heterocycles. The number of nitrogens with zero attached hydrogens (tertiary/aromatic N) is 3. The number of rotatable bonds is 0. The summed E-state index contributed by atoms with van der Waals surface area (Å²) in [6.07, 6.45) is 3.70. The van der Waals surface area contributed by atoms with E-state index >= 15 is 0 Å². The molecule has 0 saturated heterocycles. The third kappa shape index (κ3) is 1.31. The van der Waals surface area contributed by atoms with Crippen molar-refractivity contribution in [1.82, 2.24) is 9.97 Å². The molecule has 0 aliphatic carbocycles. The number of aromatic nitrogens is 2. The van der Waals surface area contributed by atoms with Gasteiger partial charge in [0.05, 0.1) is 18.1 Å². The third-order valence-electron chi connectivity index (χ3n) is 2.39. The van der Waals surface area contributed by atoms with Crippen molar-refractivity contribution in [2.24, 2.45) is 0 Å². The molecule has 1 N–H and O–H groups in total. The lowest BCUT2D eigenvalue weighted by Crippen LogP contribution is -2.47. The Morgan fingerprint density at radius 3 is 2.79 bits per heavy atom. The average Bonchev–Trinajstić information content (AvgIpc) is 2.38. The van der Waals surface area contributed by atoms with Crippen LogP contribution >= 0.6 is 0 Å². The first kappa shape index (κ1) is 9.24. The number of anilines is 2. The average molecular weight is 192 g/mol. The lowest BCUT2D eigenvalue weighted by molar-refractivity contribution is 0.478. The number of fused-ring (bicyclic) bond motifs is 1. The number of hydrogen-bond donors (Lipinski definition) is 1. The first-order chi connectivity index (χ1) is 6.50. The van der Waals surface area contributed by atoms with Gasteiger partial charge in [-0.2, -0.15) is 0 Å². The maximum atomic E-state index is 4.31. The lowest BCUT2D eigenvalue weighted by atomic mass is 10.1. The van der Waals surface area contributed by atoms with Gasteiger partial charge in [-0.05, 0) is 27.7 Å². The van der Waals surface area contributed by atoms with Crippen LogP contribution < -0.4 is 10.2 Å². The summed E-state index contributed by atoms with van der Waals surface area (Å²) in [6, 6.07) is 0. The van der Waals surface area contributed by atoms with E-state index in [1.165, 1.54) is 0 Å². The Labute approximate surface area is 84.4 Å². The molecule has 14 heavy (non-hydrogen) atoms. The van der Waals surface area contributed by atoms with Gasteiger partial charge < -0.3 is 10.2 Å². The van der Waals surface area contributed by atoms with E-state index in [1.54, 1.807) is 6.33 Å². The van der Waals surface area contributed by atoms with Crippen LogP contribution in [0.5, 0.6) is 0 Å². The van der Waals surface area contributed by atoms with Gasteiger partial charge in [-0.3, -0.25) is 0 Å². The summed E-state index contributed by atoms with van der Waals surface area (Å²) < 4.78 is 0. The van der Waals surface area contributed by atoms with Crippen LogP contribution in [-0.2, 0) is 0 Å². The fraction of sp³-hybridized carbons (Fsp3) is 0.600. The van der Waals surface area contributed by atoms with Crippen LogP contribution in [0.2, 0.25) is 0 Å². The van der Waals surface area contributed by atoms with E-state index < -0.39 is 0 Å². The highest BCUT2D eigenvalue weighted by Crippen LogP contribution is 2.36. The molecule has 4 nitrogen and oxygen atoms in total. The minimum Gasteiger partial charge on any atom is -0.361 e. The van der Waals surface area contributed by atoms with E-state index in [4.69, 9.17) is 0 Å². The van der Waals surface area contributed by atoms with E-state index in [0.29, 0.717) is 0 Å². The largest absolute Gasteiger partial charge is 0.361 e. The number of hydrogen-bond acceptors (Lipinski definition) is 4. The smallest absolute Gasteiger partial charge is 0.157 e. The molecule has 1 aromatic heterocycles. The van der Waals surface area contributed by atoms with Gasteiger partial charge >= 0.3 is 0 Å². The van der Waals surface area contributed by atoms with Crippen LogP contribution in [0.15, 0.2) is 12.5 Å². The molecule has 1 atom stereocenters. The molecule has 0 fully saturated rings. The van der Waals surface area contributed by atoms with Crippen molar-refractivity contribution in [1.29, 1.82) is 0 Å². The van der Waals surface area contributed by atoms with Gasteiger partial charge in [-0.25, -0.2) is 9.97 Å². The summed E-state index contributed by atoms with van der Waals surface area (Å²) in [6.45, 7) is 8.68. The highest BCUT2D eigenvalue weighted by atomic mass is 15.4. The van der Waals surface area contributed by atoms with E-state index in [0.717, 1.165) is 11.5 Å². The molecule has 1 aliphatic rings. The SMILES string of the molecule is CC1Nc2cncnc2N1C(C)(C)C. The van der Waals surface area contributed by atoms with Gasteiger partial charge in [0.2, 0.25) is 0 Å². The van der Waals surface area contributed by atoms with E-state index in [1.807, 2.05) is 6.20 Å². The van der Waals surface area contributed by atoms with Crippen molar-refractivity contribution < 1.29 is 0 Å². The molecule has 0 aromatic carbocycles. The van der Waals surface area contributed by atoms with Crippen molar-refractivity contribution in [3.63, 3.8) is 0 Å². The predicted octanol–water partition coefficient (Wildman–Crippen LogP) is 1.85. The summed E-state index contributed by atoms with van der Waals surface area (Å²) in [5.74, 6) is 1.00. The van der Waals surface area contributed by atoms with Crippen molar-refractivity contribution in [3.05, 3.63) is 12.5 Å². The Balaban J connectivity index is 2.45. The lowest BCUT2D eigenvalue weighted by Gasteiger charge is -2.36. The second kappa shape index (κ2) is 2.83. The normalized spacial score (nSPS) is 20.6. The quantitative estimate of drug-likeness (QED) is 0.681. The summed E-state index contributed by atoms with van der Waals surface area (Å²) in [5.41, 5.74) is 1.10. The minimum atomic E-state index is 0.0754. The molecule has 2 rings (SSSR count). The maximum Gasteiger partial charge on any atom is 0.157 e. The fourth-order valence-corrected chi connectivity index (χ4v) is 1.99. The second-order valence-corrected chi connectivity index (χ2v) is 4.62. The Morgan fingerprint density at radius 1 is 1.43 bits per heavy atom. The van der Waals surface area contributed by atoms with Crippen LogP contribution in [0.4, 0.5) is 11.5 Å². The highest BCUT2D eigenvalue weighted by molar-refractivity contribution is 5.71. The molecule has 1 aromatic rings. The molecule has 0 saturated carbocycles. The van der Waals surface area contributed by atoms with Crippen molar-refractivity contribution in [2.45, 2.75) is 39.4 Å². The molecule has 1 unspecified atom stereocenters. The molecule has 4 heteroatoms. The Kier molecular flexibility index (Phi) is 1.87. The summed E-state index contributed by atoms with van der Waals surface area (Å²) in [4.78, 5) is 10.6. The molecular formula is C10H16N4. The molecule has 1 aliphatic heterocycles. The zero-order valence-corrected chi connectivity index (χ0v) is 9.07. The summed E-state index contributed by atoms with van der Waals surface area (Å²) >= 11 is 0. The molecule has 0 radical (unpaired) electrons. The Morgan fingerprint density at radius 2 is 2.14 bits per heavy atom. The molecule has 0 amide bonds. The first-order valence-electron chi connectivity index (χ1n) is 4.86. The molecule has 0 bridgehead atoms. The predicted molar refractivity (Wildman–Crippen MR) is 57.3 cm³/mol. The van der Waals surface area contributed by atoms with Gasteiger partial charge in [-0.1, -0.05) is 0 Å². The highest BCUT2D eigenvalue weighted by Gasteiger charge is 2.34. The van der Waals surface area contributed by atoms with Gasteiger partial charge in [-0.15, -0.1) is 0 Å². The molecule has 76 valence electrons. The van der Waals surface area contributed by atoms with Gasteiger partial charge in [0, 0.05) is 5.54 Å². The monoisotopic (exact) mass is 192 g/mol. The number of nitrogens with one attached hydrogen (secondary N) is 1. The van der Waals surface area contributed by atoms with E-state index in [-0.39, 0.29) is 11.7 Å².